The summed E-state index contributed by atoms with van der Waals surface area (Å²) in [4.78, 5) is 2.27. The van der Waals surface area contributed by atoms with Crippen LogP contribution in [-0.2, 0) is 0 Å². The number of fused-ring (bicyclic) bond motifs is 1. The second kappa shape index (κ2) is 8.49. The van der Waals surface area contributed by atoms with Gasteiger partial charge < -0.3 is 15.2 Å². The van der Waals surface area contributed by atoms with Crippen LogP contribution in [0.3, 0.4) is 0 Å². The molecule has 1 aromatic rings. The van der Waals surface area contributed by atoms with Crippen LogP contribution in [0, 0.1) is 45.3 Å². The Labute approximate surface area is 177 Å². The highest BCUT2D eigenvalue weighted by Crippen LogP contribution is 2.54. The molecule has 2 aliphatic rings. The second-order valence-corrected chi connectivity index (χ2v) is 7.58. The van der Waals surface area contributed by atoms with E-state index in [1.807, 2.05) is 18.2 Å². The molecule has 2 N–H and O–H groups in total. The zero-order valence-corrected chi connectivity index (χ0v) is 17.5. The molecule has 3 rings (SSSR count). The third-order valence-corrected chi connectivity index (χ3v) is 6.01. The number of hydrogen-bond acceptors (Lipinski definition) is 7. The van der Waals surface area contributed by atoms with Crippen molar-refractivity contribution < 1.29 is 9.47 Å². The van der Waals surface area contributed by atoms with Crippen LogP contribution in [-0.4, -0.2) is 38.8 Å². The molecule has 1 aliphatic carbocycles. The molecule has 0 aromatic heterocycles. The van der Waals surface area contributed by atoms with Crippen molar-refractivity contribution in [1.82, 2.24) is 4.90 Å². The maximum atomic E-state index is 10.2. The topological polar surface area (TPSA) is 119 Å². The highest BCUT2D eigenvalue weighted by Gasteiger charge is 2.54. The fraction of sp³-hybridized carbons (Fsp3) is 0.435. The lowest BCUT2D eigenvalue weighted by Gasteiger charge is -2.45. The molecule has 30 heavy (non-hydrogen) atoms. The summed E-state index contributed by atoms with van der Waals surface area (Å²) in [5.74, 6) is 0.326. The van der Waals surface area contributed by atoms with Crippen molar-refractivity contribution in [3.8, 4) is 29.7 Å². The molecule has 0 fully saturated rings. The van der Waals surface area contributed by atoms with Crippen LogP contribution in [0.25, 0.3) is 0 Å². The van der Waals surface area contributed by atoms with E-state index in [-0.39, 0.29) is 17.2 Å². The summed E-state index contributed by atoms with van der Waals surface area (Å²) in [6.45, 7) is 4.34. The number of rotatable bonds is 5. The predicted octanol–water partition coefficient (Wildman–Crippen LogP) is 2.84. The van der Waals surface area contributed by atoms with Crippen LogP contribution in [0.5, 0.6) is 11.5 Å². The van der Waals surface area contributed by atoms with E-state index in [2.05, 4.69) is 30.0 Å². The van der Waals surface area contributed by atoms with Gasteiger partial charge in [-0.1, -0.05) is 13.0 Å². The largest absolute Gasteiger partial charge is 0.497 e. The maximum Gasteiger partial charge on any atom is 0.191 e. The first-order valence-corrected chi connectivity index (χ1v) is 9.88. The first-order valence-electron chi connectivity index (χ1n) is 9.88. The first kappa shape index (κ1) is 21.2. The van der Waals surface area contributed by atoms with Gasteiger partial charge in [-0.05, 0) is 36.2 Å². The molecule has 0 unspecified atom stereocenters. The molecule has 2 atom stereocenters. The zero-order valence-electron chi connectivity index (χ0n) is 17.5. The Bertz CT molecular complexity index is 985. The van der Waals surface area contributed by atoms with E-state index < -0.39 is 11.3 Å². The third kappa shape index (κ3) is 3.26. The van der Waals surface area contributed by atoms with Crippen LogP contribution in [0.4, 0.5) is 0 Å². The molecule has 1 aromatic carbocycles. The Kier molecular flexibility index (Phi) is 6.01. The Morgan fingerprint density at radius 2 is 1.77 bits per heavy atom. The number of nitriles is 3. The van der Waals surface area contributed by atoms with Crippen LogP contribution in [0.2, 0.25) is 0 Å². The minimum absolute atomic E-state index is 0.0215. The van der Waals surface area contributed by atoms with Gasteiger partial charge in [-0.15, -0.1) is 0 Å². The van der Waals surface area contributed by atoms with Crippen molar-refractivity contribution in [2.75, 3.05) is 33.9 Å². The van der Waals surface area contributed by atoms with Gasteiger partial charge in [0.05, 0.1) is 37.6 Å². The highest BCUT2D eigenvalue weighted by atomic mass is 16.5. The molecule has 0 amide bonds. The van der Waals surface area contributed by atoms with Gasteiger partial charge in [0.15, 0.2) is 5.41 Å². The minimum atomic E-state index is -1.67. The number of nitrogens with zero attached hydrogens (tertiary/aromatic N) is 4. The zero-order chi connectivity index (χ0) is 21.9. The van der Waals surface area contributed by atoms with Crippen molar-refractivity contribution in [1.29, 1.82) is 15.8 Å². The second-order valence-electron chi connectivity index (χ2n) is 7.58. The Balaban J connectivity index is 2.30. The number of allylic oxidation sites excluding steroid dienone is 2. The van der Waals surface area contributed by atoms with Crippen LogP contribution in [0.15, 0.2) is 41.1 Å². The van der Waals surface area contributed by atoms with Gasteiger partial charge in [-0.25, -0.2) is 0 Å². The van der Waals surface area contributed by atoms with E-state index in [1.54, 1.807) is 20.3 Å². The van der Waals surface area contributed by atoms with E-state index in [0.717, 1.165) is 24.1 Å². The molecule has 1 heterocycles. The standard InChI is InChI=1S/C23H25N5O2/c1-4-6-28-7-5-18-19(11-24)22(27)23(13-25,14-26)21(20(18)12-28)15-8-16(29-2)10-17(9-15)30-3/h5,8-10,20-21H,4,6-7,12,27H2,1-3H3/t20-,21+/m1/s1. The lowest BCUT2D eigenvalue weighted by atomic mass is 9.58. The molecule has 154 valence electrons. The summed E-state index contributed by atoms with van der Waals surface area (Å²) >= 11 is 0. The van der Waals surface area contributed by atoms with E-state index in [0.29, 0.717) is 24.6 Å². The van der Waals surface area contributed by atoms with Gasteiger partial charge in [-0.3, -0.25) is 4.90 Å². The minimum Gasteiger partial charge on any atom is -0.497 e. The van der Waals surface area contributed by atoms with Gasteiger partial charge >= 0.3 is 0 Å². The smallest absolute Gasteiger partial charge is 0.191 e. The summed E-state index contributed by atoms with van der Waals surface area (Å²) in [6.07, 6.45) is 3.00. The molecule has 0 spiro atoms. The van der Waals surface area contributed by atoms with Crippen LogP contribution in [0.1, 0.15) is 24.8 Å². The normalized spacial score (nSPS) is 22.7. The molecule has 0 radical (unpaired) electrons. The molecular formula is C23H25N5O2. The van der Waals surface area contributed by atoms with Gasteiger partial charge in [0.25, 0.3) is 0 Å². The summed E-state index contributed by atoms with van der Waals surface area (Å²) < 4.78 is 10.8. The van der Waals surface area contributed by atoms with Gasteiger partial charge in [0.1, 0.15) is 17.6 Å². The molecule has 7 heteroatoms. The van der Waals surface area contributed by atoms with E-state index >= 15 is 0 Å². The average Bonchev–Trinajstić information content (AvgIpc) is 2.78. The summed E-state index contributed by atoms with van der Waals surface area (Å²) in [6, 6.07) is 11.9. The number of benzene rings is 1. The van der Waals surface area contributed by atoms with Crippen molar-refractivity contribution in [3.63, 3.8) is 0 Å². The number of nitrogens with two attached hydrogens (primary N) is 1. The molecule has 7 nitrogen and oxygen atoms in total. The average molecular weight is 403 g/mol. The Morgan fingerprint density at radius 3 is 2.27 bits per heavy atom. The van der Waals surface area contributed by atoms with Crippen LogP contribution < -0.4 is 15.2 Å². The Morgan fingerprint density at radius 1 is 1.13 bits per heavy atom. The SMILES string of the molecule is CCCN1CC=C2C(C#N)=C(N)C(C#N)(C#N)[C@@H](c3cc(OC)cc(OC)c3)[C@@H]2C1. The van der Waals surface area contributed by atoms with Crippen molar-refractivity contribution in [2.24, 2.45) is 17.1 Å². The predicted molar refractivity (Wildman–Crippen MR) is 111 cm³/mol. The van der Waals surface area contributed by atoms with Crippen molar-refractivity contribution in [3.05, 3.63) is 46.7 Å². The number of methoxy groups -OCH3 is 2. The third-order valence-electron chi connectivity index (χ3n) is 6.01. The van der Waals surface area contributed by atoms with Crippen molar-refractivity contribution in [2.45, 2.75) is 19.3 Å². The molecule has 0 saturated carbocycles. The maximum absolute atomic E-state index is 10.2. The monoisotopic (exact) mass is 403 g/mol. The van der Waals surface area contributed by atoms with Gasteiger partial charge in [0.2, 0.25) is 0 Å². The quantitative estimate of drug-likeness (QED) is 0.803. The molecule has 0 saturated heterocycles. The molecule has 1 aliphatic heterocycles. The lowest BCUT2D eigenvalue weighted by Crippen LogP contribution is -2.48. The first-order chi connectivity index (χ1) is 14.5. The highest BCUT2D eigenvalue weighted by molar-refractivity contribution is 5.60. The number of hydrogen-bond donors (Lipinski definition) is 1. The fourth-order valence-electron chi connectivity index (χ4n) is 4.62. The molecular weight excluding hydrogens is 378 g/mol. The van der Waals surface area contributed by atoms with Crippen LogP contribution >= 0.6 is 0 Å². The summed E-state index contributed by atoms with van der Waals surface area (Å²) in [5, 5.41) is 30.2. The summed E-state index contributed by atoms with van der Waals surface area (Å²) in [7, 11) is 3.11. The Hall–Kier alpha value is -3.47. The van der Waals surface area contributed by atoms with E-state index in [9.17, 15) is 15.8 Å². The van der Waals surface area contributed by atoms with E-state index in [1.165, 1.54) is 0 Å². The lowest BCUT2D eigenvalue weighted by molar-refractivity contribution is 0.207. The van der Waals surface area contributed by atoms with Gasteiger partial charge in [0, 0.05) is 31.0 Å². The van der Waals surface area contributed by atoms with Crippen molar-refractivity contribution >= 4 is 0 Å². The number of ether oxygens (including phenoxy) is 2. The fourth-order valence-corrected chi connectivity index (χ4v) is 4.62. The van der Waals surface area contributed by atoms with E-state index in [4.69, 9.17) is 15.2 Å². The summed E-state index contributed by atoms with van der Waals surface area (Å²) in [5.41, 5.74) is 6.50. The molecule has 0 bridgehead atoms. The van der Waals surface area contributed by atoms with Gasteiger partial charge in [-0.2, -0.15) is 15.8 Å².